The summed E-state index contributed by atoms with van der Waals surface area (Å²) in [6, 6.07) is 9.94. The van der Waals surface area contributed by atoms with E-state index in [1.165, 1.54) is 0 Å². The molecule has 0 saturated carbocycles. The molecule has 1 N–H and O–H groups in total. The Labute approximate surface area is 90.9 Å². The van der Waals surface area contributed by atoms with Crippen LogP contribution in [0.4, 0.5) is 0 Å². The SMILES string of the molecule is C#CCOC(CCCO)c1ccccc1. The molecule has 1 rings (SSSR count). The molecule has 0 aliphatic heterocycles. The van der Waals surface area contributed by atoms with E-state index in [-0.39, 0.29) is 12.7 Å². The molecule has 0 spiro atoms. The summed E-state index contributed by atoms with van der Waals surface area (Å²) in [5.41, 5.74) is 1.11. The third-order valence-corrected chi connectivity index (χ3v) is 2.16. The zero-order chi connectivity index (χ0) is 10.9. The van der Waals surface area contributed by atoms with Crippen LogP contribution in [0, 0.1) is 12.3 Å². The van der Waals surface area contributed by atoms with Gasteiger partial charge >= 0.3 is 0 Å². The van der Waals surface area contributed by atoms with Crippen molar-refractivity contribution < 1.29 is 9.84 Å². The van der Waals surface area contributed by atoms with Crippen molar-refractivity contribution in [2.75, 3.05) is 13.2 Å². The molecule has 0 aliphatic carbocycles. The maximum Gasteiger partial charge on any atom is 0.108 e. The minimum absolute atomic E-state index is 0.00519. The normalized spacial score (nSPS) is 12.0. The van der Waals surface area contributed by atoms with Gasteiger partial charge in [-0.25, -0.2) is 0 Å². The number of ether oxygens (including phenoxy) is 1. The van der Waals surface area contributed by atoms with Crippen LogP contribution in [0.2, 0.25) is 0 Å². The quantitative estimate of drug-likeness (QED) is 0.719. The first-order valence-corrected chi connectivity index (χ1v) is 5.09. The van der Waals surface area contributed by atoms with Gasteiger partial charge in [-0.05, 0) is 18.4 Å². The number of aliphatic hydroxyl groups excluding tert-OH is 1. The molecule has 0 fully saturated rings. The summed E-state index contributed by atoms with van der Waals surface area (Å²) in [5.74, 6) is 2.46. The fourth-order valence-corrected chi connectivity index (χ4v) is 1.44. The summed E-state index contributed by atoms with van der Waals surface area (Å²) >= 11 is 0. The molecule has 0 bridgehead atoms. The monoisotopic (exact) mass is 204 g/mol. The van der Waals surface area contributed by atoms with Gasteiger partial charge in [-0.2, -0.15) is 0 Å². The highest BCUT2D eigenvalue weighted by molar-refractivity contribution is 5.17. The number of hydrogen-bond donors (Lipinski definition) is 1. The Bertz CT molecular complexity index is 300. The van der Waals surface area contributed by atoms with Crippen molar-refractivity contribution in [1.82, 2.24) is 0 Å². The van der Waals surface area contributed by atoms with Crippen molar-refractivity contribution in [3.8, 4) is 12.3 Å². The first-order valence-electron chi connectivity index (χ1n) is 5.09. The molecule has 1 aromatic carbocycles. The fraction of sp³-hybridized carbons (Fsp3) is 0.385. The lowest BCUT2D eigenvalue weighted by Gasteiger charge is -2.16. The number of rotatable bonds is 6. The van der Waals surface area contributed by atoms with Gasteiger partial charge in [0.05, 0.1) is 6.10 Å². The average molecular weight is 204 g/mol. The number of hydrogen-bond acceptors (Lipinski definition) is 2. The summed E-state index contributed by atoms with van der Waals surface area (Å²) in [7, 11) is 0. The number of benzene rings is 1. The van der Waals surface area contributed by atoms with Crippen LogP contribution in [0.25, 0.3) is 0 Å². The van der Waals surface area contributed by atoms with Gasteiger partial charge in [0.25, 0.3) is 0 Å². The molecular weight excluding hydrogens is 188 g/mol. The van der Waals surface area contributed by atoms with E-state index in [1.54, 1.807) is 0 Å². The number of aliphatic hydroxyl groups is 1. The van der Waals surface area contributed by atoms with Gasteiger partial charge in [-0.3, -0.25) is 0 Å². The van der Waals surface area contributed by atoms with Gasteiger partial charge in [0.15, 0.2) is 0 Å². The predicted octanol–water partition coefficient (Wildman–Crippen LogP) is 2.15. The van der Waals surface area contributed by atoms with Crippen LogP contribution in [0.3, 0.4) is 0 Å². The highest BCUT2D eigenvalue weighted by Crippen LogP contribution is 2.21. The van der Waals surface area contributed by atoms with E-state index in [1.807, 2.05) is 30.3 Å². The van der Waals surface area contributed by atoms with E-state index in [4.69, 9.17) is 16.3 Å². The minimum atomic E-state index is -0.00519. The van der Waals surface area contributed by atoms with Crippen LogP contribution in [0.1, 0.15) is 24.5 Å². The molecule has 0 amide bonds. The molecule has 0 heterocycles. The lowest BCUT2D eigenvalue weighted by atomic mass is 10.1. The van der Waals surface area contributed by atoms with E-state index >= 15 is 0 Å². The van der Waals surface area contributed by atoms with Crippen molar-refractivity contribution >= 4 is 0 Å². The van der Waals surface area contributed by atoms with Crippen molar-refractivity contribution in [2.24, 2.45) is 0 Å². The first-order chi connectivity index (χ1) is 7.38. The van der Waals surface area contributed by atoms with E-state index in [9.17, 15) is 0 Å². The van der Waals surface area contributed by atoms with Crippen molar-refractivity contribution in [1.29, 1.82) is 0 Å². The van der Waals surface area contributed by atoms with Crippen molar-refractivity contribution in [3.63, 3.8) is 0 Å². The zero-order valence-corrected chi connectivity index (χ0v) is 8.73. The molecule has 0 saturated heterocycles. The highest BCUT2D eigenvalue weighted by atomic mass is 16.5. The summed E-state index contributed by atoms with van der Waals surface area (Å²) in [6.07, 6.45) is 6.67. The molecule has 0 aromatic heterocycles. The lowest BCUT2D eigenvalue weighted by Crippen LogP contribution is -2.05. The van der Waals surface area contributed by atoms with Gasteiger partial charge < -0.3 is 9.84 Å². The minimum Gasteiger partial charge on any atom is -0.396 e. The maximum absolute atomic E-state index is 8.79. The smallest absolute Gasteiger partial charge is 0.108 e. The lowest BCUT2D eigenvalue weighted by molar-refractivity contribution is 0.0651. The molecule has 80 valence electrons. The van der Waals surface area contributed by atoms with Gasteiger partial charge in [-0.1, -0.05) is 36.3 Å². The van der Waals surface area contributed by atoms with E-state index in [2.05, 4.69) is 5.92 Å². The summed E-state index contributed by atoms with van der Waals surface area (Å²) in [6.45, 7) is 0.494. The Morgan fingerprint density at radius 3 is 2.67 bits per heavy atom. The van der Waals surface area contributed by atoms with Crippen LogP contribution in [-0.2, 0) is 4.74 Å². The van der Waals surface area contributed by atoms with Crippen LogP contribution >= 0.6 is 0 Å². The van der Waals surface area contributed by atoms with Crippen LogP contribution in [0.5, 0.6) is 0 Å². The van der Waals surface area contributed by atoms with Gasteiger partial charge in [0.2, 0.25) is 0 Å². The first kappa shape index (κ1) is 11.8. The van der Waals surface area contributed by atoms with E-state index < -0.39 is 0 Å². The van der Waals surface area contributed by atoms with Crippen molar-refractivity contribution in [2.45, 2.75) is 18.9 Å². The summed E-state index contributed by atoms with van der Waals surface area (Å²) in [5, 5.41) is 8.79. The molecule has 1 aromatic rings. The number of terminal acetylenes is 1. The Hall–Kier alpha value is -1.30. The fourth-order valence-electron chi connectivity index (χ4n) is 1.44. The summed E-state index contributed by atoms with van der Waals surface area (Å²) < 4.78 is 5.53. The Morgan fingerprint density at radius 2 is 2.07 bits per heavy atom. The van der Waals surface area contributed by atoms with Gasteiger partial charge in [-0.15, -0.1) is 6.42 Å². The van der Waals surface area contributed by atoms with Crippen LogP contribution in [0.15, 0.2) is 30.3 Å². The largest absolute Gasteiger partial charge is 0.396 e. The third-order valence-electron chi connectivity index (χ3n) is 2.16. The topological polar surface area (TPSA) is 29.5 Å². The van der Waals surface area contributed by atoms with Crippen molar-refractivity contribution in [3.05, 3.63) is 35.9 Å². The molecule has 1 unspecified atom stereocenters. The van der Waals surface area contributed by atoms with Gasteiger partial charge in [0, 0.05) is 6.61 Å². The molecule has 0 radical (unpaired) electrons. The van der Waals surface area contributed by atoms with Gasteiger partial charge in [0.1, 0.15) is 6.61 Å². The molecule has 0 aliphatic rings. The molecule has 15 heavy (non-hydrogen) atoms. The molecule has 2 heteroatoms. The van der Waals surface area contributed by atoms with E-state index in [0.717, 1.165) is 18.4 Å². The second-order valence-electron chi connectivity index (χ2n) is 3.28. The van der Waals surface area contributed by atoms with Crippen LogP contribution < -0.4 is 0 Å². The predicted molar refractivity (Wildman–Crippen MR) is 60.3 cm³/mol. The second kappa shape index (κ2) is 7.05. The Kier molecular flexibility index (Phi) is 5.54. The second-order valence-corrected chi connectivity index (χ2v) is 3.28. The Balaban J connectivity index is 2.59. The molecule has 1 atom stereocenters. The third kappa shape index (κ3) is 4.16. The average Bonchev–Trinajstić information content (AvgIpc) is 2.30. The Morgan fingerprint density at radius 1 is 1.33 bits per heavy atom. The van der Waals surface area contributed by atoms with Crippen LogP contribution in [-0.4, -0.2) is 18.3 Å². The molecule has 2 nitrogen and oxygen atoms in total. The highest BCUT2D eigenvalue weighted by Gasteiger charge is 2.10. The summed E-state index contributed by atoms with van der Waals surface area (Å²) in [4.78, 5) is 0. The van der Waals surface area contributed by atoms with E-state index in [0.29, 0.717) is 6.61 Å². The molecular formula is C13H16O2. The maximum atomic E-state index is 8.79. The standard InChI is InChI=1S/C13H16O2/c1-2-11-15-13(9-6-10-14)12-7-4-3-5-8-12/h1,3-5,7-8,13-14H,6,9-11H2. The zero-order valence-electron chi connectivity index (χ0n) is 8.73.